The van der Waals surface area contributed by atoms with E-state index in [-0.39, 0.29) is 5.54 Å². The Morgan fingerprint density at radius 2 is 1.19 bits per heavy atom. The maximum Gasteiger partial charge on any atom is 0.0971 e. The Kier molecular flexibility index (Phi) is 6.44. The lowest BCUT2D eigenvalue weighted by molar-refractivity contribution is 0.169. The first kappa shape index (κ1) is 19.8. The molecule has 0 bridgehead atoms. The van der Waals surface area contributed by atoms with Gasteiger partial charge in [0, 0.05) is 16.0 Å². The first-order chi connectivity index (χ1) is 13.1. The van der Waals surface area contributed by atoms with Gasteiger partial charge in [0.15, 0.2) is 0 Å². The van der Waals surface area contributed by atoms with Gasteiger partial charge in [0.25, 0.3) is 0 Å². The second-order valence-electron chi connectivity index (χ2n) is 7.10. The molecule has 3 heteroatoms. The third-order valence-electron chi connectivity index (χ3n) is 5.25. The summed E-state index contributed by atoms with van der Waals surface area (Å²) in [6, 6.07) is 28.5. The van der Waals surface area contributed by atoms with Crippen LogP contribution in [0.3, 0.4) is 0 Å². The zero-order valence-corrected chi connectivity index (χ0v) is 17.5. The Morgan fingerprint density at radius 3 is 1.63 bits per heavy atom. The molecule has 0 saturated heterocycles. The molecule has 1 unspecified atom stereocenters. The van der Waals surface area contributed by atoms with Gasteiger partial charge in [-0.3, -0.25) is 4.90 Å². The molecule has 0 aliphatic carbocycles. The molecule has 3 aromatic rings. The first-order valence-corrected chi connectivity index (χ1v) is 9.79. The summed E-state index contributed by atoms with van der Waals surface area (Å²) in [5.41, 5.74) is 5.92. The number of hydrogen-bond acceptors (Lipinski definition) is 2. The number of nitrogens with zero attached hydrogens (tertiary/aromatic N) is 1. The average Bonchev–Trinajstić information content (AvgIpc) is 2.70. The van der Waals surface area contributed by atoms with Crippen molar-refractivity contribution in [3.8, 4) is 0 Å². The molecule has 0 aromatic heterocycles. The van der Waals surface area contributed by atoms with Crippen molar-refractivity contribution < 1.29 is 4.52 Å². The van der Waals surface area contributed by atoms with Crippen molar-refractivity contribution in [2.45, 2.75) is 19.4 Å². The molecule has 0 N–H and O–H groups in total. The van der Waals surface area contributed by atoms with E-state index in [0.29, 0.717) is 6.61 Å². The SMILES string of the molecule is Cc1ccc(C(c2ccccc2)(c2ccc(C)cc2)N(C)CCOP)cc1. The van der Waals surface area contributed by atoms with Gasteiger partial charge in [-0.1, -0.05) is 90.0 Å². The molecule has 3 rings (SSSR count). The fourth-order valence-electron chi connectivity index (χ4n) is 3.79. The normalized spacial score (nSPS) is 11.7. The summed E-state index contributed by atoms with van der Waals surface area (Å²) in [5.74, 6) is 0. The molecule has 140 valence electrons. The van der Waals surface area contributed by atoms with E-state index in [1.165, 1.54) is 27.8 Å². The Balaban J connectivity index is 2.29. The third-order valence-corrected chi connectivity index (χ3v) is 5.48. The van der Waals surface area contributed by atoms with Crippen LogP contribution in [0.15, 0.2) is 78.9 Å². The fraction of sp³-hybridized carbons (Fsp3) is 0.250. The summed E-state index contributed by atoms with van der Waals surface area (Å²) >= 11 is 0. The molecular formula is C24H28NOP. The van der Waals surface area contributed by atoms with Crippen LogP contribution in [0, 0.1) is 13.8 Å². The highest BCUT2D eigenvalue weighted by atomic mass is 31.0. The largest absolute Gasteiger partial charge is 0.364 e. The van der Waals surface area contributed by atoms with Crippen LogP contribution in [-0.4, -0.2) is 25.1 Å². The maximum atomic E-state index is 5.33. The predicted octanol–water partition coefficient (Wildman–Crippen LogP) is 5.33. The predicted molar refractivity (Wildman–Crippen MR) is 117 cm³/mol. The highest BCUT2D eigenvalue weighted by Gasteiger charge is 2.40. The van der Waals surface area contributed by atoms with Gasteiger partial charge in [-0.2, -0.15) is 0 Å². The molecule has 0 saturated carbocycles. The molecular weight excluding hydrogens is 349 g/mol. The molecule has 0 amide bonds. The van der Waals surface area contributed by atoms with Crippen molar-refractivity contribution in [1.29, 1.82) is 0 Å². The second-order valence-corrected chi connectivity index (χ2v) is 7.43. The van der Waals surface area contributed by atoms with Gasteiger partial charge in [-0.25, -0.2) is 0 Å². The first-order valence-electron chi connectivity index (χ1n) is 9.31. The van der Waals surface area contributed by atoms with Crippen LogP contribution < -0.4 is 0 Å². The molecule has 0 radical (unpaired) electrons. The lowest BCUT2D eigenvalue weighted by Crippen LogP contribution is -2.47. The van der Waals surface area contributed by atoms with Crippen LogP contribution in [0.1, 0.15) is 27.8 Å². The van der Waals surface area contributed by atoms with Gasteiger partial charge >= 0.3 is 0 Å². The summed E-state index contributed by atoms with van der Waals surface area (Å²) in [6.45, 7) is 5.71. The van der Waals surface area contributed by atoms with E-state index in [1.54, 1.807) is 0 Å². The van der Waals surface area contributed by atoms with Crippen LogP contribution in [0.4, 0.5) is 0 Å². The smallest absolute Gasteiger partial charge is 0.0971 e. The van der Waals surface area contributed by atoms with Crippen molar-refractivity contribution in [2.24, 2.45) is 0 Å². The molecule has 2 nitrogen and oxygen atoms in total. The monoisotopic (exact) mass is 377 g/mol. The molecule has 1 atom stereocenters. The minimum absolute atomic E-state index is 0.383. The summed E-state index contributed by atoms with van der Waals surface area (Å²) in [4.78, 5) is 2.39. The van der Waals surface area contributed by atoms with E-state index in [2.05, 4.69) is 114 Å². The second kappa shape index (κ2) is 8.80. The third kappa shape index (κ3) is 3.99. The molecule has 0 aliphatic rings. The van der Waals surface area contributed by atoms with Crippen LogP contribution in [-0.2, 0) is 10.1 Å². The van der Waals surface area contributed by atoms with Gasteiger partial charge in [-0.05, 0) is 37.6 Å². The number of aryl methyl sites for hydroxylation is 2. The fourth-order valence-corrected chi connectivity index (χ4v) is 3.89. The van der Waals surface area contributed by atoms with Gasteiger partial charge in [-0.15, -0.1) is 0 Å². The molecule has 0 fully saturated rings. The topological polar surface area (TPSA) is 12.5 Å². The Bertz CT molecular complexity index is 798. The Hall–Kier alpha value is -1.99. The minimum Gasteiger partial charge on any atom is -0.364 e. The van der Waals surface area contributed by atoms with E-state index in [1.807, 2.05) is 0 Å². The standard InChI is InChI=1S/C24H28NOP/c1-19-9-13-22(14-10-19)24(25(3)17-18-26-27,21-7-5-4-6-8-21)23-15-11-20(2)12-16-23/h4-16H,17-18,27H2,1-3H3. The molecule has 0 heterocycles. The van der Waals surface area contributed by atoms with Gasteiger partial charge in [0.1, 0.15) is 0 Å². The van der Waals surface area contributed by atoms with E-state index < -0.39 is 0 Å². The van der Waals surface area contributed by atoms with Crippen molar-refractivity contribution in [1.82, 2.24) is 4.90 Å². The van der Waals surface area contributed by atoms with E-state index in [0.717, 1.165) is 6.54 Å². The number of benzene rings is 3. The average molecular weight is 377 g/mol. The van der Waals surface area contributed by atoms with E-state index in [4.69, 9.17) is 4.52 Å². The van der Waals surface area contributed by atoms with E-state index >= 15 is 0 Å². The quantitative estimate of drug-likeness (QED) is 0.407. The lowest BCUT2D eigenvalue weighted by Gasteiger charge is -2.44. The lowest BCUT2D eigenvalue weighted by atomic mass is 9.75. The number of rotatable bonds is 7. The minimum atomic E-state index is -0.383. The molecule has 0 aliphatic heterocycles. The summed E-state index contributed by atoms with van der Waals surface area (Å²) in [6.07, 6.45) is 0. The Labute approximate surface area is 165 Å². The van der Waals surface area contributed by atoms with Crippen molar-refractivity contribution in [3.05, 3.63) is 107 Å². The van der Waals surface area contributed by atoms with Crippen LogP contribution in [0.25, 0.3) is 0 Å². The zero-order valence-electron chi connectivity index (χ0n) is 16.4. The van der Waals surface area contributed by atoms with Crippen LogP contribution in [0.2, 0.25) is 0 Å². The maximum absolute atomic E-state index is 5.33. The molecule has 3 aromatic carbocycles. The van der Waals surface area contributed by atoms with Gasteiger partial charge < -0.3 is 4.52 Å². The van der Waals surface area contributed by atoms with Crippen molar-refractivity contribution in [2.75, 3.05) is 20.2 Å². The highest BCUT2D eigenvalue weighted by molar-refractivity contribution is 7.09. The highest BCUT2D eigenvalue weighted by Crippen LogP contribution is 2.41. The Morgan fingerprint density at radius 1 is 0.741 bits per heavy atom. The van der Waals surface area contributed by atoms with Crippen molar-refractivity contribution in [3.63, 3.8) is 0 Å². The number of hydrogen-bond donors (Lipinski definition) is 0. The summed E-state index contributed by atoms with van der Waals surface area (Å²) in [7, 11) is 4.53. The van der Waals surface area contributed by atoms with Crippen LogP contribution >= 0.6 is 9.47 Å². The van der Waals surface area contributed by atoms with Gasteiger partial charge in [0.05, 0.1) is 12.1 Å². The summed E-state index contributed by atoms with van der Waals surface area (Å²) < 4.78 is 5.33. The van der Waals surface area contributed by atoms with Gasteiger partial charge in [0.2, 0.25) is 0 Å². The van der Waals surface area contributed by atoms with Crippen molar-refractivity contribution >= 4 is 9.47 Å². The zero-order chi connectivity index (χ0) is 19.3. The van der Waals surface area contributed by atoms with E-state index in [9.17, 15) is 0 Å². The molecule has 27 heavy (non-hydrogen) atoms. The molecule has 0 spiro atoms. The summed E-state index contributed by atoms with van der Waals surface area (Å²) in [5, 5.41) is 0. The van der Waals surface area contributed by atoms with Crippen LogP contribution in [0.5, 0.6) is 0 Å². The number of likely N-dealkylation sites (N-methyl/N-ethyl adjacent to an activating group) is 1.